The van der Waals surface area contributed by atoms with Crippen molar-refractivity contribution < 1.29 is 14.3 Å². The number of likely N-dealkylation sites (tertiary alicyclic amines) is 2. The number of aryl methyl sites for hydroxylation is 1. The summed E-state index contributed by atoms with van der Waals surface area (Å²) in [5.74, 6) is 0.988. The second-order valence-corrected chi connectivity index (χ2v) is 7.08. The zero-order chi connectivity index (χ0) is 18.3. The second-order valence-electron chi connectivity index (χ2n) is 7.08. The number of aromatic nitrogens is 2. The standard InChI is InChI=1S/C19H24N4O3/c1-21-19(26-2)15-6-5-13(12-16(15)20-21)18(25)22-10-7-14(8-11-22)23-9-3-4-17(23)24/h5-6,12,14H,3-4,7-11H2,1-2H3. The van der Waals surface area contributed by atoms with Crippen molar-refractivity contribution in [3.63, 3.8) is 0 Å². The van der Waals surface area contributed by atoms with Crippen LogP contribution in [0.5, 0.6) is 5.88 Å². The van der Waals surface area contributed by atoms with Crippen molar-refractivity contribution in [1.29, 1.82) is 0 Å². The van der Waals surface area contributed by atoms with E-state index in [4.69, 9.17) is 4.74 Å². The Labute approximate surface area is 152 Å². The molecule has 0 N–H and O–H groups in total. The predicted molar refractivity (Wildman–Crippen MR) is 97.1 cm³/mol. The van der Waals surface area contributed by atoms with Crippen LogP contribution in [0.4, 0.5) is 0 Å². The highest BCUT2D eigenvalue weighted by Gasteiger charge is 2.32. The van der Waals surface area contributed by atoms with Crippen molar-refractivity contribution in [1.82, 2.24) is 19.6 Å². The van der Waals surface area contributed by atoms with Crippen LogP contribution >= 0.6 is 0 Å². The summed E-state index contributed by atoms with van der Waals surface area (Å²) in [7, 11) is 3.44. The molecule has 4 rings (SSSR count). The third kappa shape index (κ3) is 2.81. The molecule has 0 spiro atoms. The monoisotopic (exact) mass is 356 g/mol. The van der Waals surface area contributed by atoms with Crippen molar-refractivity contribution in [2.45, 2.75) is 31.7 Å². The number of benzene rings is 1. The van der Waals surface area contributed by atoms with Crippen molar-refractivity contribution >= 4 is 22.7 Å². The number of rotatable bonds is 3. The topological polar surface area (TPSA) is 67.7 Å². The minimum absolute atomic E-state index is 0.0303. The van der Waals surface area contributed by atoms with Crippen LogP contribution < -0.4 is 4.74 Å². The number of carbonyl (C=O) groups is 2. The molecule has 138 valence electrons. The van der Waals surface area contributed by atoms with Gasteiger partial charge in [-0.3, -0.25) is 9.59 Å². The van der Waals surface area contributed by atoms with E-state index in [1.165, 1.54) is 0 Å². The lowest BCUT2D eigenvalue weighted by Crippen LogP contribution is -2.47. The molecular formula is C19H24N4O3. The largest absolute Gasteiger partial charge is 0.481 e. The maximum absolute atomic E-state index is 12.9. The van der Waals surface area contributed by atoms with Crippen LogP contribution in [0.25, 0.3) is 10.9 Å². The van der Waals surface area contributed by atoms with Gasteiger partial charge in [0.25, 0.3) is 5.91 Å². The Morgan fingerprint density at radius 2 is 2.00 bits per heavy atom. The molecule has 0 radical (unpaired) electrons. The zero-order valence-electron chi connectivity index (χ0n) is 15.3. The van der Waals surface area contributed by atoms with Gasteiger partial charge in [0.1, 0.15) is 0 Å². The summed E-state index contributed by atoms with van der Waals surface area (Å²) in [6, 6.07) is 5.85. The Morgan fingerprint density at radius 3 is 2.65 bits per heavy atom. The highest BCUT2D eigenvalue weighted by Crippen LogP contribution is 2.27. The van der Waals surface area contributed by atoms with E-state index in [0.717, 1.165) is 36.7 Å². The minimum atomic E-state index is 0.0303. The van der Waals surface area contributed by atoms with E-state index in [1.54, 1.807) is 11.8 Å². The first-order valence-corrected chi connectivity index (χ1v) is 9.18. The number of piperidine rings is 1. The molecule has 0 aliphatic carbocycles. The molecule has 7 nitrogen and oxygen atoms in total. The Kier molecular flexibility index (Phi) is 4.30. The first kappa shape index (κ1) is 16.9. The molecule has 2 aliphatic rings. The smallest absolute Gasteiger partial charge is 0.253 e. The molecule has 2 amide bonds. The number of ether oxygens (including phenoxy) is 1. The maximum Gasteiger partial charge on any atom is 0.253 e. The number of hydrogen-bond donors (Lipinski definition) is 0. The summed E-state index contributed by atoms with van der Waals surface area (Å²) >= 11 is 0. The Morgan fingerprint density at radius 1 is 1.23 bits per heavy atom. The summed E-state index contributed by atoms with van der Waals surface area (Å²) in [6.45, 7) is 2.25. The molecule has 2 saturated heterocycles. The number of methoxy groups -OCH3 is 1. The summed E-state index contributed by atoms with van der Waals surface area (Å²) in [4.78, 5) is 28.7. The highest BCUT2D eigenvalue weighted by molar-refractivity contribution is 5.98. The van der Waals surface area contributed by atoms with E-state index in [0.29, 0.717) is 31.0 Å². The van der Waals surface area contributed by atoms with Crippen molar-refractivity contribution in [2.75, 3.05) is 26.7 Å². The molecule has 0 atom stereocenters. The average Bonchev–Trinajstić information content (AvgIpc) is 3.22. The Balaban J connectivity index is 1.46. The van der Waals surface area contributed by atoms with Crippen LogP contribution in [0, 0.1) is 0 Å². The third-order valence-electron chi connectivity index (χ3n) is 5.52. The van der Waals surface area contributed by atoms with E-state index in [2.05, 4.69) is 5.10 Å². The van der Waals surface area contributed by atoms with Crippen LogP contribution in [0.15, 0.2) is 18.2 Å². The molecule has 26 heavy (non-hydrogen) atoms. The number of amides is 2. The molecule has 0 unspecified atom stereocenters. The Bertz CT molecular complexity index is 852. The van der Waals surface area contributed by atoms with E-state index in [-0.39, 0.29) is 17.9 Å². The molecule has 0 saturated carbocycles. The fourth-order valence-corrected chi connectivity index (χ4v) is 4.17. The molecular weight excluding hydrogens is 332 g/mol. The molecule has 0 bridgehead atoms. The average molecular weight is 356 g/mol. The van der Waals surface area contributed by atoms with Gasteiger partial charge in [-0.2, -0.15) is 5.10 Å². The molecule has 2 fully saturated rings. The van der Waals surface area contributed by atoms with E-state index in [9.17, 15) is 9.59 Å². The predicted octanol–water partition coefficient (Wildman–Crippen LogP) is 1.81. The van der Waals surface area contributed by atoms with Gasteiger partial charge in [-0.1, -0.05) is 0 Å². The normalized spacial score (nSPS) is 18.8. The molecule has 2 aliphatic heterocycles. The van der Waals surface area contributed by atoms with Crippen molar-refractivity contribution in [2.24, 2.45) is 7.05 Å². The zero-order valence-corrected chi connectivity index (χ0v) is 15.3. The van der Waals surface area contributed by atoms with Gasteiger partial charge in [-0.25, -0.2) is 4.68 Å². The van der Waals surface area contributed by atoms with Crippen molar-refractivity contribution in [3.05, 3.63) is 23.8 Å². The van der Waals surface area contributed by atoms with Gasteiger partial charge in [0.2, 0.25) is 11.8 Å². The second kappa shape index (κ2) is 6.63. The van der Waals surface area contributed by atoms with Gasteiger partial charge in [-0.05, 0) is 37.5 Å². The fourth-order valence-electron chi connectivity index (χ4n) is 4.17. The lowest BCUT2D eigenvalue weighted by Gasteiger charge is -2.36. The first-order valence-electron chi connectivity index (χ1n) is 9.18. The maximum atomic E-state index is 12.9. The minimum Gasteiger partial charge on any atom is -0.481 e. The molecule has 7 heteroatoms. The number of fused-ring (bicyclic) bond motifs is 1. The summed E-state index contributed by atoms with van der Waals surface area (Å²) in [5.41, 5.74) is 1.40. The third-order valence-corrected chi connectivity index (χ3v) is 5.52. The van der Waals surface area contributed by atoms with E-state index in [1.807, 2.05) is 35.0 Å². The van der Waals surface area contributed by atoms with Crippen LogP contribution in [0.1, 0.15) is 36.0 Å². The Hall–Kier alpha value is -2.57. The lowest BCUT2D eigenvalue weighted by atomic mass is 10.0. The van der Waals surface area contributed by atoms with Gasteiger partial charge in [-0.15, -0.1) is 0 Å². The van der Waals surface area contributed by atoms with Gasteiger partial charge in [0, 0.05) is 44.7 Å². The number of hydrogen-bond acceptors (Lipinski definition) is 4. The quantitative estimate of drug-likeness (QED) is 0.841. The van der Waals surface area contributed by atoms with Gasteiger partial charge < -0.3 is 14.5 Å². The van der Waals surface area contributed by atoms with Crippen molar-refractivity contribution in [3.8, 4) is 5.88 Å². The summed E-state index contributed by atoms with van der Waals surface area (Å²) in [5, 5.41) is 5.32. The van der Waals surface area contributed by atoms with Crippen LogP contribution in [0.3, 0.4) is 0 Å². The van der Waals surface area contributed by atoms with Crippen LogP contribution in [-0.2, 0) is 11.8 Å². The molecule has 1 aromatic heterocycles. The fraction of sp³-hybridized carbons (Fsp3) is 0.526. The van der Waals surface area contributed by atoms with Crippen LogP contribution in [-0.4, -0.2) is 64.2 Å². The number of nitrogens with zero attached hydrogens (tertiary/aromatic N) is 4. The SMILES string of the molecule is COc1c2ccc(C(=O)N3CCC(N4CCCC4=O)CC3)cc2nn1C. The molecule has 3 heterocycles. The first-order chi connectivity index (χ1) is 12.6. The van der Waals surface area contributed by atoms with Crippen LogP contribution in [0.2, 0.25) is 0 Å². The van der Waals surface area contributed by atoms with E-state index >= 15 is 0 Å². The lowest BCUT2D eigenvalue weighted by molar-refractivity contribution is -0.130. The molecule has 2 aromatic rings. The van der Waals surface area contributed by atoms with Gasteiger partial charge in [0.05, 0.1) is 18.0 Å². The number of carbonyl (C=O) groups excluding carboxylic acids is 2. The van der Waals surface area contributed by atoms with E-state index < -0.39 is 0 Å². The summed E-state index contributed by atoms with van der Waals surface area (Å²) in [6.07, 6.45) is 3.35. The summed E-state index contributed by atoms with van der Waals surface area (Å²) < 4.78 is 7.04. The highest BCUT2D eigenvalue weighted by atomic mass is 16.5. The van der Waals surface area contributed by atoms with Gasteiger partial charge in [0.15, 0.2) is 0 Å². The molecule has 1 aromatic carbocycles. The van der Waals surface area contributed by atoms with Gasteiger partial charge >= 0.3 is 0 Å².